The minimum Gasteiger partial charge on any atom is -0.370 e. The van der Waals surface area contributed by atoms with Gasteiger partial charge >= 0.3 is 0 Å². The third-order valence-electron chi connectivity index (χ3n) is 3.66. The van der Waals surface area contributed by atoms with Crippen molar-refractivity contribution in [2.24, 2.45) is 5.73 Å². The van der Waals surface area contributed by atoms with E-state index in [-0.39, 0.29) is 6.04 Å². The molecular weight excluding hydrogens is 210 g/mol. The second kappa shape index (κ2) is 5.07. The van der Waals surface area contributed by atoms with Crippen molar-refractivity contribution in [3.63, 3.8) is 0 Å². The summed E-state index contributed by atoms with van der Waals surface area (Å²) in [6.45, 7) is 4.29. The summed E-state index contributed by atoms with van der Waals surface area (Å²) in [4.78, 5) is 4.78. The van der Waals surface area contributed by atoms with Crippen molar-refractivity contribution in [2.45, 2.75) is 25.4 Å². The number of para-hydroxylation sites is 1. The molecule has 1 aliphatic heterocycles. The molecule has 2 atom stereocenters. The number of anilines is 1. The lowest BCUT2D eigenvalue weighted by atomic mass is 10.1. The molecule has 1 aliphatic rings. The molecule has 0 amide bonds. The molecule has 2 rings (SSSR count). The van der Waals surface area contributed by atoms with Crippen molar-refractivity contribution in [3.05, 3.63) is 29.8 Å². The van der Waals surface area contributed by atoms with E-state index in [1.165, 1.54) is 17.7 Å². The Morgan fingerprint density at radius 3 is 2.65 bits per heavy atom. The highest BCUT2D eigenvalue weighted by atomic mass is 15.2. The molecule has 3 nitrogen and oxygen atoms in total. The van der Waals surface area contributed by atoms with Gasteiger partial charge in [0.05, 0.1) is 0 Å². The van der Waals surface area contributed by atoms with Crippen LogP contribution in [0.5, 0.6) is 0 Å². The summed E-state index contributed by atoms with van der Waals surface area (Å²) in [5.41, 5.74) is 8.61. The molecule has 2 N–H and O–H groups in total. The Kier molecular flexibility index (Phi) is 3.69. The second-order valence-electron chi connectivity index (χ2n) is 5.20. The highest BCUT2D eigenvalue weighted by Crippen LogP contribution is 2.28. The van der Waals surface area contributed by atoms with Crippen molar-refractivity contribution < 1.29 is 0 Å². The summed E-state index contributed by atoms with van der Waals surface area (Å²) in [6.07, 6.45) is 1.24. The molecule has 0 aliphatic carbocycles. The lowest BCUT2D eigenvalue weighted by molar-refractivity contribution is 0.315. The van der Waals surface area contributed by atoms with Gasteiger partial charge in [0.2, 0.25) is 0 Å². The number of nitrogens with zero attached hydrogens (tertiary/aromatic N) is 2. The average Bonchev–Trinajstić information content (AvgIpc) is 2.78. The summed E-state index contributed by atoms with van der Waals surface area (Å²) in [7, 11) is 4.32. The minimum atomic E-state index is 0.101. The van der Waals surface area contributed by atoms with Crippen LogP contribution in [0.25, 0.3) is 0 Å². The molecule has 3 heteroatoms. The molecule has 0 spiro atoms. The number of nitrogens with two attached hydrogens (primary N) is 1. The molecule has 0 radical (unpaired) electrons. The van der Waals surface area contributed by atoms with E-state index in [4.69, 9.17) is 5.73 Å². The maximum Gasteiger partial charge on any atom is 0.0415 e. The standard InChI is InChI=1S/C14H23N3/c1-11(15)13-6-4-5-7-14(13)17-9-8-12(10-17)16(2)3/h4-7,11-12H,8-10,15H2,1-3H3. The van der Waals surface area contributed by atoms with Crippen LogP contribution in [0.15, 0.2) is 24.3 Å². The molecule has 94 valence electrons. The Labute approximate surface area is 104 Å². The largest absolute Gasteiger partial charge is 0.370 e. The Morgan fingerprint density at radius 1 is 1.35 bits per heavy atom. The van der Waals surface area contributed by atoms with E-state index < -0.39 is 0 Å². The van der Waals surface area contributed by atoms with Crippen molar-refractivity contribution in [1.29, 1.82) is 0 Å². The third-order valence-corrected chi connectivity index (χ3v) is 3.66. The van der Waals surface area contributed by atoms with Gasteiger partial charge in [-0.05, 0) is 39.1 Å². The number of hydrogen-bond acceptors (Lipinski definition) is 3. The van der Waals surface area contributed by atoms with Crippen molar-refractivity contribution in [1.82, 2.24) is 4.90 Å². The fourth-order valence-corrected chi connectivity index (χ4v) is 2.54. The normalized spacial score (nSPS) is 22.2. The van der Waals surface area contributed by atoms with Crippen LogP contribution in [0.2, 0.25) is 0 Å². The highest BCUT2D eigenvalue weighted by Gasteiger charge is 2.25. The minimum absolute atomic E-state index is 0.101. The molecule has 1 fully saturated rings. The van der Waals surface area contributed by atoms with E-state index in [1.54, 1.807) is 0 Å². The summed E-state index contributed by atoms with van der Waals surface area (Å²) < 4.78 is 0. The molecule has 1 heterocycles. The number of hydrogen-bond donors (Lipinski definition) is 1. The quantitative estimate of drug-likeness (QED) is 0.864. The molecule has 0 aromatic heterocycles. The van der Waals surface area contributed by atoms with Gasteiger partial charge < -0.3 is 15.5 Å². The summed E-state index contributed by atoms with van der Waals surface area (Å²) in [5, 5.41) is 0. The first-order valence-electron chi connectivity index (χ1n) is 6.35. The second-order valence-corrected chi connectivity index (χ2v) is 5.20. The Bertz CT molecular complexity index is 373. The van der Waals surface area contributed by atoms with Gasteiger partial charge in [-0.15, -0.1) is 0 Å². The molecule has 1 aromatic carbocycles. The summed E-state index contributed by atoms with van der Waals surface area (Å²) >= 11 is 0. The first-order chi connectivity index (χ1) is 8.09. The number of benzene rings is 1. The number of rotatable bonds is 3. The Hall–Kier alpha value is -1.06. The average molecular weight is 233 g/mol. The van der Waals surface area contributed by atoms with Gasteiger partial charge in [0.25, 0.3) is 0 Å². The lowest BCUT2D eigenvalue weighted by Crippen LogP contribution is -2.32. The monoisotopic (exact) mass is 233 g/mol. The van der Waals surface area contributed by atoms with E-state index in [1.807, 2.05) is 0 Å². The molecular formula is C14H23N3. The first kappa shape index (κ1) is 12.4. The van der Waals surface area contributed by atoms with Crippen LogP contribution in [-0.2, 0) is 0 Å². The van der Waals surface area contributed by atoms with Gasteiger partial charge in [0.15, 0.2) is 0 Å². The van der Waals surface area contributed by atoms with E-state index in [0.717, 1.165) is 13.1 Å². The van der Waals surface area contributed by atoms with Crippen LogP contribution in [0.4, 0.5) is 5.69 Å². The van der Waals surface area contributed by atoms with Crippen LogP contribution >= 0.6 is 0 Å². The topological polar surface area (TPSA) is 32.5 Å². The summed E-state index contributed by atoms with van der Waals surface area (Å²) in [5.74, 6) is 0. The van der Waals surface area contributed by atoms with E-state index in [2.05, 4.69) is 55.1 Å². The van der Waals surface area contributed by atoms with E-state index in [9.17, 15) is 0 Å². The zero-order chi connectivity index (χ0) is 12.4. The zero-order valence-corrected chi connectivity index (χ0v) is 11.1. The maximum atomic E-state index is 6.04. The van der Waals surface area contributed by atoms with Gasteiger partial charge in [0, 0.05) is 30.9 Å². The van der Waals surface area contributed by atoms with Crippen LogP contribution in [0.3, 0.4) is 0 Å². The van der Waals surface area contributed by atoms with E-state index >= 15 is 0 Å². The Balaban J connectivity index is 2.18. The van der Waals surface area contributed by atoms with Gasteiger partial charge in [-0.25, -0.2) is 0 Å². The smallest absolute Gasteiger partial charge is 0.0415 e. The Morgan fingerprint density at radius 2 is 2.06 bits per heavy atom. The van der Waals surface area contributed by atoms with Crippen LogP contribution < -0.4 is 10.6 Å². The predicted octanol–water partition coefficient (Wildman–Crippen LogP) is 1.85. The summed E-state index contributed by atoms with van der Waals surface area (Å²) in [6, 6.07) is 9.27. The molecule has 1 saturated heterocycles. The molecule has 17 heavy (non-hydrogen) atoms. The SMILES string of the molecule is CC(N)c1ccccc1N1CCC(N(C)C)C1. The van der Waals surface area contributed by atoms with Crippen molar-refractivity contribution in [3.8, 4) is 0 Å². The zero-order valence-electron chi connectivity index (χ0n) is 11.1. The fourth-order valence-electron chi connectivity index (χ4n) is 2.54. The highest BCUT2D eigenvalue weighted by molar-refractivity contribution is 5.55. The molecule has 1 aromatic rings. The molecule has 0 bridgehead atoms. The fraction of sp³-hybridized carbons (Fsp3) is 0.571. The van der Waals surface area contributed by atoms with Gasteiger partial charge in [-0.2, -0.15) is 0 Å². The maximum absolute atomic E-state index is 6.04. The van der Waals surface area contributed by atoms with Crippen molar-refractivity contribution in [2.75, 3.05) is 32.1 Å². The van der Waals surface area contributed by atoms with E-state index in [0.29, 0.717) is 6.04 Å². The number of likely N-dealkylation sites (N-methyl/N-ethyl adjacent to an activating group) is 1. The van der Waals surface area contributed by atoms with Gasteiger partial charge in [0.1, 0.15) is 0 Å². The predicted molar refractivity (Wildman–Crippen MR) is 73.3 cm³/mol. The molecule has 0 saturated carbocycles. The van der Waals surface area contributed by atoms with Crippen LogP contribution in [0, 0.1) is 0 Å². The van der Waals surface area contributed by atoms with Gasteiger partial charge in [-0.1, -0.05) is 18.2 Å². The van der Waals surface area contributed by atoms with Crippen LogP contribution in [-0.4, -0.2) is 38.1 Å². The third kappa shape index (κ3) is 2.61. The first-order valence-corrected chi connectivity index (χ1v) is 6.35. The molecule has 2 unspecified atom stereocenters. The van der Waals surface area contributed by atoms with Gasteiger partial charge in [-0.3, -0.25) is 0 Å². The van der Waals surface area contributed by atoms with Crippen molar-refractivity contribution >= 4 is 5.69 Å². The van der Waals surface area contributed by atoms with Crippen LogP contribution in [0.1, 0.15) is 24.9 Å². The lowest BCUT2D eigenvalue weighted by Gasteiger charge is -2.25.